The van der Waals surface area contributed by atoms with Gasteiger partial charge in [0, 0.05) is 31.4 Å². The number of halogens is 1. The number of carbonyl (C=O) groups is 1. The molecule has 0 aliphatic rings. The first kappa shape index (κ1) is 18.2. The van der Waals surface area contributed by atoms with Crippen LogP contribution in [0.15, 0.2) is 64.3 Å². The van der Waals surface area contributed by atoms with Gasteiger partial charge >= 0.3 is 0 Å². The molecule has 0 unspecified atom stereocenters. The molecule has 0 spiro atoms. The minimum absolute atomic E-state index is 0.0281. The fraction of sp³-hybridized carbons (Fsp3) is 0.158. The Hall–Kier alpha value is -3.55. The largest absolute Gasteiger partial charge is 0.350 e. The number of rotatable bonds is 5. The van der Waals surface area contributed by atoms with Crippen molar-refractivity contribution in [2.45, 2.75) is 6.54 Å². The highest BCUT2D eigenvalue weighted by molar-refractivity contribution is 5.93. The van der Waals surface area contributed by atoms with Crippen molar-refractivity contribution in [3.63, 3.8) is 0 Å². The Morgan fingerprint density at radius 1 is 1.11 bits per heavy atom. The van der Waals surface area contributed by atoms with Gasteiger partial charge < -0.3 is 9.88 Å². The van der Waals surface area contributed by atoms with E-state index in [9.17, 15) is 18.8 Å². The van der Waals surface area contributed by atoms with E-state index in [0.29, 0.717) is 11.3 Å². The third-order valence-corrected chi connectivity index (χ3v) is 3.98. The fourth-order valence-corrected chi connectivity index (χ4v) is 2.52. The van der Waals surface area contributed by atoms with Gasteiger partial charge in [-0.3, -0.25) is 14.4 Å². The van der Waals surface area contributed by atoms with E-state index in [0.717, 1.165) is 0 Å². The summed E-state index contributed by atoms with van der Waals surface area (Å²) in [6.07, 6.45) is 1.56. The molecule has 1 N–H and O–H groups in total. The Labute approximate surface area is 153 Å². The van der Waals surface area contributed by atoms with Crippen LogP contribution in [0.25, 0.3) is 11.3 Å². The number of nitrogens with zero attached hydrogens (tertiary/aromatic N) is 3. The summed E-state index contributed by atoms with van der Waals surface area (Å²) in [5.41, 5.74) is 0.481. The number of hydrogen-bond donors (Lipinski definition) is 1. The average Bonchev–Trinajstić information content (AvgIpc) is 2.66. The van der Waals surface area contributed by atoms with Gasteiger partial charge in [-0.15, -0.1) is 0 Å². The molecule has 2 heterocycles. The molecule has 27 heavy (non-hydrogen) atoms. The second-order valence-corrected chi connectivity index (χ2v) is 5.88. The molecular weight excluding hydrogens is 351 g/mol. The zero-order valence-electron chi connectivity index (χ0n) is 14.6. The molecule has 3 aromatic rings. The highest BCUT2D eigenvalue weighted by Crippen LogP contribution is 2.15. The van der Waals surface area contributed by atoms with Gasteiger partial charge in [-0.05, 0) is 42.5 Å². The lowest BCUT2D eigenvalue weighted by atomic mass is 10.1. The number of aromatic nitrogens is 3. The van der Waals surface area contributed by atoms with Crippen molar-refractivity contribution in [2.75, 3.05) is 6.54 Å². The summed E-state index contributed by atoms with van der Waals surface area (Å²) in [6.45, 7) is 0.253. The van der Waals surface area contributed by atoms with E-state index in [2.05, 4.69) is 10.4 Å². The molecule has 1 amide bonds. The van der Waals surface area contributed by atoms with Crippen molar-refractivity contribution >= 4 is 5.91 Å². The quantitative estimate of drug-likeness (QED) is 0.733. The van der Waals surface area contributed by atoms with Crippen LogP contribution in [0, 0.1) is 5.82 Å². The van der Waals surface area contributed by atoms with Crippen LogP contribution < -0.4 is 16.4 Å². The third kappa shape index (κ3) is 4.17. The number of benzene rings is 1. The first-order valence-corrected chi connectivity index (χ1v) is 8.23. The lowest BCUT2D eigenvalue weighted by Crippen LogP contribution is -2.35. The van der Waals surface area contributed by atoms with Crippen LogP contribution >= 0.6 is 0 Å². The Kier molecular flexibility index (Phi) is 5.25. The maximum Gasteiger partial charge on any atom is 0.266 e. The van der Waals surface area contributed by atoms with Crippen LogP contribution in [-0.4, -0.2) is 26.8 Å². The zero-order chi connectivity index (χ0) is 19.4. The van der Waals surface area contributed by atoms with Crippen molar-refractivity contribution in [3.05, 3.63) is 86.8 Å². The summed E-state index contributed by atoms with van der Waals surface area (Å²) in [5, 5.41) is 6.85. The van der Waals surface area contributed by atoms with Crippen molar-refractivity contribution in [1.29, 1.82) is 0 Å². The number of aryl methyl sites for hydroxylation is 1. The van der Waals surface area contributed by atoms with E-state index in [1.165, 1.54) is 33.5 Å². The molecule has 2 aromatic heterocycles. The van der Waals surface area contributed by atoms with Crippen LogP contribution in [0.4, 0.5) is 4.39 Å². The molecule has 1 aromatic carbocycles. The van der Waals surface area contributed by atoms with Gasteiger partial charge in [0.05, 0.1) is 12.2 Å². The average molecular weight is 368 g/mol. The van der Waals surface area contributed by atoms with Crippen LogP contribution in [0.1, 0.15) is 10.4 Å². The summed E-state index contributed by atoms with van der Waals surface area (Å²) in [7, 11) is 1.56. The summed E-state index contributed by atoms with van der Waals surface area (Å²) in [6, 6.07) is 11.7. The predicted molar refractivity (Wildman–Crippen MR) is 97.9 cm³/mol. The van der Waals surface area contributed by atoms with E-state index >= 15 is 0 Å². The molecule has 0 saturated carbocycles. The molecule has 0 fully saturated rings. The third-order valence-electron chi connectivity index (χ3n) is 3.98. The summed E-state index contributed by atoms with van der Waals surface area (Å²) >= 11 is 0. The van der Waals surface area contributed by atoms with E-state index in [1.54, 1.807) is 37.5 Å². The van der Waals surface area contributed by atoms with Crippen molar-refractivity contribution in [2.24, 2.45) is 7.05 Å². The minimum Gasteiger partial charge on any atom is -0.350 e. The van der Waals surface area contributed by atoms with Gasteiger partial charge in [0.25, 0.3) is 17.0 Å². The molecule has 0 aliphatic heterocycles. The standard InChI is InChI=1S/C19H17FN4O3/c1-23-11-2-3-15(19(23)27)18(26)21-10-12-24-17(25)9-8-16(22-24)13-4-6-14(20)7-5-13/h2-9,11H,10,12H2,1H3,(H,21,26). The van der Waals surface area contributed by atoms with Gasteiger partial charge in [0.15, 0.2) is 0 Å². The maximum atomic E-state index is 13.0. The van der Waals surface area contributed by atoms with Gasteiger partial charge in [-0.25, -0.2) is 9.07 Å². The Balaban J connectivity index is 1.71. The summed E-state index contributed by atoms with van der Waals surface area (Å²) in [4.78, 5) is 36.1. The molecular formula is C19H17FN4O3. The lowest BCUT2D eigenvalue weighted by Gasteiger charge is -2.09. The second kappa shape index (κ2) is 7.77. The molecule has 0 radical (unpaired) electrons. The first-order chi connectivity index (χ1) is 13.0. The number of nitrogens with one attached hydrogen (secondary N) is 1. The predicted octanol–water partition coefficient (Wildman–Crippen LogP) is 1.18. The second-order valence-electron chi connectivity index (χ2n) is 5.88. The lowest BCUT2D eigenvalue weighted by molar-refractivity contribution is 0.0949. The highest BCUT2D eigenvalue weighted by atomic mass is 19.1. The zero-order valence-corrected chi connectivity index (χ0v) is 14.6. The monoisotopic (exact) mass is 368 g/mol. The minimum atomic E-state index is -0.515. The highest BCUT2D eigenvalue weighted by Gasteiger charge is 2.11. The van der Waals surface area contributed by atoms with Gasteiger partial charge in [-0.1, -0.05) is 0 Å². The Morgan fingerprint density at radius 2 is 1.85 bits per heavy atom. The molecule has 7 nitrogen and oxygen atoms in total. The van der Waals surface area contributed by atoms with Crippen LogP contribution in [-0.2, 0) is 13.6 Å². The maximum absolute atomic E-state index is 13.0. The van der Waals surface area contributed by atoms with Gasteiger partial charge in [0.2, 0.25) is 0 Å². The fourth-order valence-electron chi connectivity index (χ4n) is 2.52. The van der Waals surface area contributed by atoms with Crippen LogP contribution in [0.2, 0.25) is 0 Å². The van der Waals surface area contributed by atoms with E-state index in [-0.39, 0.29) is 30.0 Å². The molecule has 138 valence electrons. The first-order valence-electron chi connectivity index (χ1n) is 8.23. The molecule has 0 saturated heterocycles. The van der Waals surface area contributed by atoms with Crippen molar-refractivity contribution in [1.82, 2.24) is 19.7 Å². The Morgan fingerprint density at radius 3 is 2.59 bits per heavy atom. The molecule has 0 atom stereocenters. The smallest absolute Gasteiger partial charge is 0.266 e. The van der Waals surface area contributed by atoms with Gasteiger partial charge in [-0.2, -0.15) is 5.10 Å². The van der Waals surface area contributed by atoms with Crippen molar-refractivity contribution in [3.8, 4) is 11.3 Å². The summed E-state index contributed by atoms with van der Waals surface area (Å²) in [5.74, 6) is -0.874. The SMILES string of the molecule is Cn1cccc(C(=O)NCCn2nc(-c3ccc(F)cc3)ccc2=O)c1=O. The number of carbonyl (C=O) groups excluding carboxylic acids is 1. The molecule has 0 aliphatic carbocycles. The number of pyridine rings is 1. The molecule has 8 heteroatoms. The van der Waals surface area contributed by atoms with E-state index < -0.39 is 11.5 Å². The summed E-state index contributed by atoms with van der Waals surface area (Å²) < 4.78 is 15.6. The topological polar surface area (TPSA) is 86.0 Å². The van der Waals surface area contributed by atoms with Crippen LogP contribution in [0.3, 0.4) is 0 Å². The van der Waals surface area contributed by atoms with Crippen molar-refractivity contribution < 1.29 is 9.18 Å². The number of hydrogen-bond acceptors (Lipinski definition) is 4. The molecule has 3 rings (SSSR count). The van der Waals surface area contributed by atoms with Gasteiger partial charge in [0.1, 0.15) is 11.4 Å². The van der Waals surface area contributed by atoms with Crippen LogP contribution in [0.5, 0.6) is 0 Å². The number of amides is 1. The van der Waals surface area contributed by atoms with E-state index in [4.69, 9.17) is 0 Å². The molecule has 0 bridgehead atoms. The Bertz CT molecular complexity index is 1090. The normalized spacial score (nSPS) is 10.6. The van der Waals surface area contributed by atoms with E-state index in [1.807, 2.05) is 0 Å².